The van der Waals surface area contributed by atoms with Crippen LogP contribution >= 0.6 is 0 Å². The third-order valence-electron chi connectivity index (χ3n) is 4.02. The van der Waals surface area contributed by atoms with E-state index in [9.17, 15) is 4.79 Å². The average molecular weight is 284 g/mol. The number of hydrogen-bond acceptors (Lipinski definition) is 5. The maximum Gasteiger partial charge on any atom is 0.264 e. The SMILES string of the molecule is O=C1CCCc2cc(OCc3nc(C4CC4)no3)ccc21. The number of benzene rings is 1. The molecule has 1 aromatic heterocycles. The average Bonchev–Trinajstić information content (AvgIpc) is 3.24. The van der Waals surface area contributed by atoms with Gasteiger partial charge in [-0.05, 0) is 49.4 Å². The van der Waals surface area contributed by atoms with E-state index in [1.165, 1.54) is 0 Å². The Bertz CT molecular complexity index is 689. The Labute approximate surface area is 122 Å². The number of aromatic nitrogens is 2. The summed E-state index contributed by atoms with van der Waals surface area (Å²) in [5, 5.41) is 3.96. The second-order valence-corrected chi connectivity index (χ2v) is 5.70. The maximum atomic E-state index is 11.8. The summed E-state index contributed by atoms with van der Waals surface area (Å²) in [6, 6.07) is 5.64. The fourth-order valence-corrected chi connectivity index (χ4v) is 2.69. The molecule has 108 valence electrons. The van der Waals surface area contributed by atoms with E-state index in [4.69, 9.17) is 9.26 Å². The smallest absolute Gasteiger partial charge is 0.264 e. The van der Waals surface area contributed by atoms with Crippen molar-refractivity contribution in [3.8, 4) is 5.75 Å². The lowest BCUT2D eigenvalue weighted by atomic mass is 9.91. The molecule has 2 aromatic rings. The van der Waals surface area contributed by atoms with Crippen LogP contribution in [0.1, 0.15) is 59.2 Å². The molecule has 1 fully saturated rings. The Morgan fingerprint density at radius 3 is 3.05 bits per heavy atom. The van der Waals surface area contributed by atoms with Gasteiger partial charge in [0.05, 0.1) is 0 Å². The van der Waals surface area contributed by atoms with Crippen molar-refractivity contribution in [2.24, 2.45) is 0 Å². The zero-order valence-corrected chi connectivity index (χ0v) is 11.7. The van der Waals surface area contributed by atoms with Gasteiger partial charge in [0, 0.05) is 17.9 Å². The Balaban J connectivity index is 1.45. The molecule has 0 radical (unpaired) electrons. The maximum absolute atomic E-state index is 11.8. The first-order valence-corrected chi connectivity index (χ1v) is 7.41. The number of carbonyl (C=O) groups is 1. The third-order valence-corrected chi connectivity index (χ3v) is 4.02. The van der Waals surface area contributed by atoms with Crippen LogP contribution in [0.3, 0.4) is 0 Å². The lowest BCUT2D eigenvalue weighted by Gasteiger charge is -2.15. The molecule has 5 heteroatoms. The molecule has 1 heterocycles. The number of fused-ring (bicyclic) bond motifs is 1. The molecule has 2 aliphatic carbocycles. The quantitative estimate of drug-likeness (QED) is 0.863. The molecule has 0 N–H and O–H groups in total. The van der Waals surface area contributed by atoms with Crippen LogP contribution in [-0.4, -0.2) is 15.9 Å². The van der Waals surface area contributed by atoms with Crippen LogP contribution in [0.2, 0.25) is 0 Å². The van der Waals surface area contributed by atoms with E-state index in [-0.39, 0.29) is 12.4 Å². The first kappa shape index (κ1) is 12.6. The molecular formula is C16H16N2O3. The number of rotatable bonds is 4. The Morgan fingerprint density at radius 1 is 1.29 bits per heavy atom. The van der Waals surface area contributed by atoms with E-state index in [2.05, 4.69) is 10.1 Å². The molecule has 4 rings (SSSR count). The lowest BCUT2D eigenvalue weighted by Crippen LogP contribution is -2.10. The minimum atomic E-state index is 0.230. The van der Waals surface area contributed by atoms with E-state index in [1.54, 1.807) is 0 Å². The van der Waals surface area contributed by atoms with Crippen molar-refractivity contribution in [3.63, 3.8) is 0 Å². The Morgan fingerprint density at radius 2 is 2.19 bits per heavy atom. The number of ether oxygens (including phenoxy) is 1. The lowest BCUT2D eigenvalue weighted by molar-refractivity contribution is 0.0972. The van der Waals surface area contributed by atoms with E-state index in [1.807, 2.05) is 18.2 Å². The highest BCUT2D eigenvalue weighted by Crippen LogP contribution is 2.38. The molecule has 0 amide bonds. The summed E-state index contributed by atoms with van der Waals surface area (Å²) in [4.78, 5) is 16.1. The summed E-state index contributed by atoms with van der Waals surface area (Å²) < 4.78 is 10.9. The first-order chi connectivity index (χ1) is 10.3. The van der Waals surface area contributed by atoms with E-state index < -0.39 is 0 Å². The van der Waals surface area contributed by atoms with Crippen LogP contribution in [-0.2, 0) is 13.0 Å². The summed E-state index contributed by atoms with van der Waals surface area (Å²) in [5.41, 5.74) is 1.91. The summed E-state index contributed by atoms with van der Waals surface area (Å²) in [5.74, 6) is 2.76. The van der Waals surface area contributed by atoms with Gasteiger partial charge in [-0.3, -0.25) is 4.79 Å². The van der Waals surface area contributed by atoms with Crippen molar-refractivity contribution < 1.29 is 14.1 Å². The van der Waals surface area contributed by atoms with Crippen LogP contribution in [0.15, 0.2) is 22.7 Å². The first-order valence-electron chi connectivity index (χ1n) is 7.41. The van der Waals surface area contributed by atoms with Gasteiger partial charge in [-0.2, -0.15) is 4.98 Å². The number of ketones is 1. The minimum Gasteiger partial charge on any atom is -0.484 e. The highest BCUT2D eigenvalue weighted by molar-refractivity contribution is 5.98. The zero-order valence-electron chi connectivity index (χ0n) is 11.7. The van der Waals surface area contributed by atoms with Crippen LogP contribution in [0.25, 0.3) is 0 Å². The van der Waals surface area contributed by atoms with Gasteiger partial charge >= 0.3 is 0 Å². The van der Waals surface area contributed by atoms with E-state index >= 15 is 0 Å². The molecule has 2 aliphatic rings. The van der Waals surface area contributed by atoms with E-state index in [0.717, 1.165) is 48.4 Å². The molecule has 5 nitrogen and oxygen atoms in total. The molecular weight excluding hydrogens is 268 g/mol. The number of hydrogen-bond donors (Lipinski definition) is 0. The van der Waals surface area contributed by atoms with Gasteiger partial charge < -0.3 is 9.26 Å². The fraction of sp³-hybridized carbons (Fsp3) is 0.438. The number of carbonyl (C=O) groups excluding carboxylic acids is 1. The molecule has 0 bridgehead atoms. The van der Waals surface area contributed by atoms with Gasteiger partial charge in [-0.1, -0.05) is 5.16 Å². The second kappa shape index (κ2) is 4.98. The zero-order chi connectivity index (χ0) is 14.2. The number of Topliss-reactive ketones (excluding diaryl/α,β-unsaturated/α-hetero) is 1. The van der Waals surface area contributed by atoms with Gasteiger partial charge in [0.2, 0.25) is 0 Å². The summed E-state index contributed by atoms with van der Waals surface area (Å²) in [6.07, 6.45) is 4.81. The van der Waals surface area contributed by atoms with E-state index in [0.29, 0.717) is 18.2 Å². The van der Waals surface area contributed by atoms with Gasteiger partial charge in [0.15, 0.2) is 18.2 Å². The number of aryl methyl sites for hydroxylation is 1. The van der Waals surface area contributed by atoms with Crippen molar-refractivity contribution in [3.05, 3.63) is 41.0 Å². The fourth-order valence-electron chi connectivity index (χ4n) is 2.69. The van der Waals surface area contributed by atoms with Gasteiger partial charge in [-0.25, -0.2) is 0 Å². The Kier molecular flexibility index (Phi) is 2.98. The largest absolute Gasteiger partial charge is 0.484 e. The molecule has 1 aromatic carbocycles. The van der Waals surface area contributed by atoms with Crippen molar-refractivity contribution in [2.45, 2.75) is 44.6 Å². The second-order valence-electron chi connectivity index (χ2n) is 5.70. The third kappa shape index (κ3) is 2.55. The monoisotopic (exact) mass is 284 g/mol. The summed E-state index contributed by atoms with van der Waals surface area (Å²) in [7, 11) is 0. The molecule has 21 heavy (non-hydrogen) atoms. The van der Waals surface area contributed by atoms with Crippen LogP contribution in [0, 0.1) is 0 Å². The standard InChI is InChI=1S/C16H16N2O3/c19-14-3-1-2-11-8-12(6-7-13(11)14)20-9-15-17-16(18-21-15)10-4-5-10/h6-8,10H,1-5,9H2. The van der Waals surface area contributed by atoms with Gasteiger partial charge in [-0.15, -0.1) is 0 Å². The van der Waals surface area contributed by atoms with Crippen molar-refractivity contribution in [2.75, 3.05) is 0 Å². The Hall–Kier alpha value is -2.17. The molecule has 1 saturated carbocycles. The summed E-state index contributed by atoms with van der Waals surface area (Å²) >= 11 is 0. The molecule has 0 aliphatic heterocycles. The topological polar surface area (TPSA) is 65.2 Å². The predicted octanol–water partition coefficient (Wildman–Crippen LogP) is 3.05. The molecule has 0 atom stereocenters. The van der Waals surface area contributed by atoms with Crippen LogP contribution < -0.4 is 4.74 Å². The van der Waals surface area contributed by atoms with Crippen LogP contribution in [0.4, 0.5) is 0 Å². The van der Waals surface area contributed by atoms with Crippen molar-refractivity contribution >= 4 is 5.78 Å². The summed E-state index contributed by atoms with van der Waals surface area (Å²) in [6.45, 7) is 0.270. The highest BCUT2D eigenvalue weighted by Gasteiger charge is 2.28. The molecule has 0 unspecified atom stereocenters. The molecule has 0 saturated heterocycles. The van der Waals surface area contributed by atoms with Crippen molar-refractivity contribution in [1.82, 2.24) is 10.1 Å². The van der Waals surface area contributed by atoms with Gasteiger partial charge in [0.25, 0.3) is 5.89 Å². The van der Waals surface area contributed by atoms with Gasteiger partial charge in [0.1, 0.15) is 5.75 Å². The van der Waals surface area contributed by atoms with Crippen LogP contribution in [0.5, 0.6) is 5.75 Å². The number of nitrogens with zero attached hydrogens (tertiary/aromatic N) is 2. The molecule has 0 spiro atoms. The van der Waals surface area contributed by atoms with Crippen molar-refractivity contribution in [1.29, 1.82) is 0 Å². The highest BCUT2D eigenvalue weighted by atomic mass is 16.5. The predicted molar refractivity (Wildman–Crippen MR) is 74.3 cm³/mol. The minimum absolute atomic E-state index is 0.230. The normalized spacial score (nSPS) is 17.6.